The molecule has 0 unspecified atom stereocenters. The Hall–Kier alpha value is -1.67. The van der Waals surface area contributed by atoms with E-state index in [2.05, 4.69) is 36.5 Å². The van der Waals surface area contributed by atoms with E-state index in [4.69, 9.17) is 12.2 Å². The highest BCUT2D eigenvalue weighted by Gasteiger charge is 2.00. The van der Waals surface area contributed by atoms with Crippen molar-refractivity contribution in [1.82, 2.24) is 0 Å². The number of benzene rings is 2. The Morgan fingerprint density at radius 1 is 1.00 bits per heavy atom. The molecule has 0 heterocycles. The van der Waals surface area contributed by atoms with Crippen LogP contribution in [0.3, 0.4) is 0 Å². The molecule has 0 aromatic heterocycles. The van der Waals surface area contributed by atoms with Gasteiger partial charge in [-0.2, -0.15) is 0 Å². The molecule has 0 saturated carbocycles. The molecular formula is C17H19NS. The van der Waals surface area contributed by atoms with Crippen molar-refractivity contribution >= 4 is 22.9 Å². The standard InChI is InChI=1S/C17H19NS/c1-2-3-7-14-10-12-16(13-11-14)18-17(19)15-8-5-4-6-9-15/h4-6,8-13H,2-3,7H2,1H3,(H,18,19). The molecule has 0 radical (unpaired) electrons. The topological polar surface area (TPSA) is 12.0 Å². The van der Waals surface area contributed by atoms with Crippen molar-refractivity contribution < 1.29 is 0 Å². The average Bonchev–Trinajstić information content (AvgIpc) is 2.47. The summed E-state index contributed by atoms with van der Waals surface area (Å²) >= 11 is 5.39. The first-order valence-electron chi connectivity index (χ1n) is 6.75. The van der Waals surface area contributed by atoms with Gasteiger partial charge in [-0.05, 0) is 30.5 Å². The Balaban J connectivity index is 1.98. The zero-order chi connectivity index (χ0) is 13.5. The van der Waals surface area contributed by atoms with E-state index in [1.807, 2.05) is 30.3 Å². The quantitative estimate of drug-likeness (QED) is 0.781. The van der Waals surface area contributed by atoms with Gasteiger partial charge in [0, 0.05) is 11.3 Å². The fourth-order valence-electron chi connectivity index (χ4n) is 1.93. The van der Waals surface area contributed by atoms with Gasteiger partial charge in [0.05, 0.1) is 0 Å². The minimum Gasteiger partial charge on any atom is -0.346 e. The molecule has 0 aliphatic rings. The molecule has 98 valence electrons. The zero-order valence-electron chi connectivity index (χ0n) is 11.2. The van der Waals surface area contributed by atoms with Crippen molar-refractivity contribution in [3.63, 3.8) is 0 Å². The van der Waals surface area contributed by atoms with Crippen LogP contribution in [0.2, 0.25) is 0 Å². The molecule has 0 bridgehead atoms. The number of unbranched alkanes of at least 4 members (excludes halogenated alkanes) is 1. The number of hydrogen-bond donors (Lipinski definition) is 1. The number of rotatable bonds is 5. The summed E-state index contributed by atoms with van der Waals surface area (Å²) in [5.41, 5.74) is 3.49. The molecular weight excluding hydrogens is 250 g/mol. The van der Waals surface area contributed by atoms with Crippen molar-refractivity contribution in [2.45, 2.75) is 26.2 Å². The molecule has 0 amide bonds. The van der Waals surface area contributed by atoms with Crippen LogP contribution in [-0.4, -0.2) is 4.99 Å². The van der Waals surface area contributed by atoms with Crippen LogP contribution in [0.15, 0.2) is 54.6 Å². The number of aryl methyl sites for hydroxylation is 1. The highest BCUT2D eigenvalue weighted by Crippen LogP contribution is 2.13. The Labute approximate surface area is 120 Å². The van der Waals surface area contributed by atoms with Crippen molar-refractivity contribution in [1.29, 1.82) is 0 Å². The van der Waals surface area contributed by atoms with Crippen LogP contribution in [0.5, 0.6) is 0 Å². The molecule has 2 aromatic carbocycles. The summed E-state index contributed by atoms with van der Waals surface area (Å²) in [6, 6.07) is 18.6. The molecule has 2 heteroatoms. The third-order valence-electron chi connectivity index (χ3n) is 3.07. The predicted octanol–water partition coefficient (Wildman–Crippen LogP) is 4.82. The monoisotopic (exact) mass is 269 g/mol. The van der Waals surface area contributed by atoms with Gasteiger partial charge < -0.3 is 5.32 Å². The smallest absolute Gasteiger partial charge is 0.110 e. The first kappa shape index (κ1) is 13.8. The summed E-state index contributed by atoms with van der Waals surface area (Å²) in [6.45, 7) is 2.22. The number of thiocarbonyl (C=S) groups is 1. The van der Waals surface area contributed by atoms with Crippen LogP contribution in [0.1, 0.15) is 30.9 Å². The minimum atomic E-state index is 0.766. The fraction of sp³-hybridized carbons (Fsp3) is 0.235. The average molecular weight is 269 g/mol. The highest BCUT2D eigenvalue weighted by atomic mass is 32.1. The van der Waals surface area contributed by atoms with E-state index in [0.29, 0.717) is 0 Å². The number of anilines is 1. The van der Waals surface area contributed by atoms with E-state index >= 15 is 0 Å². The van der Waals surface area contributed by atoms with E-state index in [9.17, 15) is 0 Å². The van der Waals surface area contributed by atoms with E-state index in [1.54, 1.807) is 0 Å². The normalized spacial score (nSPS) is 10.2. The number of hydrogen-bond acceptors (Lipinski definition) is 1. The van der Waals surface area contributed by atoms with Crippen molar-refractivity contribution in [3.05, 3.63) is 65.7 Å². The second kappa shape index (κ2) is 7.05. The van der Waals surface area contributed by atoms with Crippen molar-refractivity contribution in [2.75, 3.05) is 5.32 Å². The van der Waals surface area contributed by atoms with Gasteiger partial charge in [0.25, 0.3) is 0 Å². The summed E-state index contributed by atoms with van der Waals surface area (Å²) in [5, 5.41) is 3.27. The summed E-state index contributed by atoms with van der Waals surface area (Å²) in [7, 11) is 0. The molecule has 0 aliphatic carbocycles. The highest BCUT2D eigenvalue weighted by molar-refractivity contribution is 7.81. The van der Waals surface area contributed by atoms with Gasteiger partial charge in [0.15, 0.2) is 0 Å². The molecule has 2 rings (SSSR count). The van der Waals surface area contributed by atoms with Crippen LogP contribution in [0, 0.1) is 0 Å². The van der Waals surface area contributed by atoms with Gasteiger partial charge in [-0.25, -0.2) is 0 Å². The molecule has 1 N–H and O–H groups in total. The molecule has 0 spiro atoms. The van der Waals surface area contributed by atoms with E-state index in [-0.39, 0.29) is 0 Å². The van der Waals surface area contributed by atoms with Crippen LogP contribution < -0.4 is 5.32 Å². The maximum absolute atomic E-state index is 5.39. The van der Waals surface area contributed by atoms with Gasteiger partial charge in [-0.1, -0.05) is 68.0 Å². The van der Waals surface area contributed by atoms with Gasteiger partial charge in [0.1, 0.15) is 4.99 Å². The Morgan fingerprint density at radius 3 is 2.32 bits per heavy atom. The lowest BCUT2D eigenvalue weighted by Gasteiger charge is -2.09. The summed E-state index contributed by atoms with van der Waals surface area (Å²) in [4.78, 5) is 0.766. The Bertz CT molecular complexity index is 517. The van der Waals surface area contributed by atoms with E-state index in [0.717, 1.165) is 22.7 Å². The van der Waals surface area contributed by atoms with Gasteiger partial charge in [-0.15, -0.1) is 0 Å². The van der Waals surface area contributed by atoms with E-state index in [1.165, 1.54) is 18.4 Å². The predicted molar refractivity (Wildman–Crippen MR) is 86.8 cm³/mol. The molecule has 0 aliphatic heterocycles. The Morgan fingerprint density at radius 2 is 1.68 bits per heavy atom. The second-order valence-electron chi connectivity index (χ2n) is 4.62. The van der Waals surface area contributed by atoms with Crippen molar-refractivity contribution in [3.8, 4) is 0 Å². The third-order valence-corrected chi connectivity index (χ3v) is 3.40. The molecule has 2 aromatic rings. The second-order valence-corrected chi connectivity index (χ2v) is 5.03. The third kappa shape index (κ3) is 4.18. The summed E-state index contributed by atoms with van der Waals surface area (Å²) < 4.78 is 0. The summed E-state index contributed by atoms with van der Waals surface area (Å²) in [5.74, 6) is 0. The van der Waals surface area contributed by atoms with E-state index < -0.39 is 0 Å². The zero-order valence-corrected chi connectivity index (χ0v) is 12.0. The van der Waals surface area contributed by atoms with Crippen molar-refractivity contribution in [2.24, 2.45) is 0 Å². The fourth-order valence-corrected chi connectivity index (χ4v) is 2.18. The largest absolute Gasteiger partial charge is 0.346 e. The van der Waals surface area contributed by atoms with Gasteiger partial charge >= 0.3 is 0 Å². The molecule has 0 atom stereocenters. The molecule has 0 saturated heterocycles. The van der Waals surface area contributed by atoms with Crippen LogP contribution in [-0.2, 0) is 6.42 Å². The number of nitrogens with one attached hydrogen (secondary N) is 1. The summed E-state index contributed by atoms with van der Waals surface area (Å²) in [6.07, 6.45) is 3.63. The maximum atomic E-state index is 5.39. The van der Waals surface area contributed by atoms with Crippen LogP contribution in [0.4, 0.5) is 5.69 Å². The lowest BCUT2D eigenvalue weighted by molar-refractivity contribution is 0.795. The van der Waals surface area contributed by atoms with Crippen LogP contribution >= 0.6 is 12.2 Å². The molecule has 1 nitrogen and oxygen atoms in total. The lowest BCUT2D eigenvalue weighted by atomic mass is 10.1. The SMILES string of the molecule is CCCCc1ccc(NC(=S)c2ccccc2)cc1. The minimum absolute atomic E-state index is 0.766. The lowest BCUT2D eigenvalue weighted by Crippen LogP contribution is -2.10. The van der Waals surface area contributed by atoms with Gasteiger partial charge in [-0.3, -0.25) is 0 Å². The van der Waals surface area contributed by atoms with Crippen LogP contribution in [0.25, 0.3) is 0 Å². The molecule has 19 heavy (non-hydrogen) atoms. The Kier molecular flexibility index (Phi) is 5.10. The van der Waals surface area contributed by atoms with Gasteiger partial charge in [0.2, 0.25) is 0 Å². The first-order chi connectivity index (χ1) is 9.29. The molecule has 0 fully saturated rings. The maximum Gasteiger partial charge on any atom is 0.110 e. The first-order valence-corrected chi connectivity index (χ1v) is 7.16.